The van der Waals surface area contributed by atoms with Crippen molar-refractivity contribution in [2.45, 2.75) is 408 Å². The molecule has 0 aromatic heterocycles. The fourth-order valence-corrected chi connectivity index (χ4v) is 13.3. The third-order valence-corrected chi connectivity index (χ3v) is 19.7. The van der Waals surface area contributed by atoms with Crippen LogP contribution in [0.25, 0.3) is 0 Å². The van der Waals surface area contributed by atoms with Gasteiger partial charge in [0.25, 0.3) is 0 Å². The van der Waals surface area contributed by atoms with E-state index >= 15 is 0 Å². The second-order valence-electron chi connectivity index (χ2n) is 29.7. The van der Waals surface area contributed by atoms with Gasteiger partial charge in [0, 0.05) is 25.7 Å². The van der Waals surface area contributed by atoms with Crippen LogP contribution in [-0.2, 0) is 65.4 Å². The van der Waals surface area contributed by atoms with Crippen LogP contribution in [0.15, 0.2) is 0 Å². The number of hydrogen-bond donors (Lipinski definition) is 3. The summed E-state index contributed by atoms with van der Waals surface area (Å²) in [7, 11) is -9.91. The first-order chi connectivity index (χ1) is 46.1. The molecule has 0 heterocycles. The third-order valence-electron chi connectivity index (χ3n) is 17.8. The SMILES string of the molecule is CC(C)CCCCCCCCCCCCCCCCCCCCC(=O)OC[C@H](COP(=O)(O)OCC(O)COP(=O)(O)OC[C@@H](COC(=O)CCCCCCCCCC(C)C)OC(=O)CCCCCCCCCCCCCCC(C)C)OC(=O)CCCCCCCCCC(C)C. The summed E-state index contributed by atoms with van der Waals surface area (Å²) in [6, 6.07) is 0. The first kappa shape index (κ1) is 94.1. The minimum Gasteiger partial charge on any atom is -0.462 e. The molecule has 0 spiro atoms. The van der Waals surface area contributed by atoms with Crippen molar-refractivity contribution in [2.24, 2.45) is 23.7 Å². The number of rotatable bonds is 74. The smallest absolute Gasteiger partial charge is 0.462 e. The molecule has 0 saturated heterocycles. The third kappa shape index (κ3) is 70.5. The number of ether oxygens (including phenoxy) is 4. The Kier molecular flexibility index (Phi) is 65.0. The quantitative estimate of drug-likeness (QED) is 0.0222. The van der Waals surface area contributed by atoms with E-state index in [0.717, 1.165) is 108 Å². The van der Waals surface area contributed by atoms with Crippen molar-refractivity contribution in [1.82, 2.24) is 0 Å². The van der Waals surface area contributed by atoms with Crippen LogP contribution < -0.4 is 0 Å². The standard InChI is InChI=1S/C77H150O17P2/c1-67(2)53-45-37-29-23-19-15-13-11-9-10-12-14-16-21-25-33-41-49-57-74(79)87-63-73(94-77(82)60-52-44-36-28-32-40-48-56-70(7)8)66-92-96(85,86)90-62-71(78)61-89-95(83,84)91-65-72(64-88-75(80)58-50-42-35-27-31-39-47-55-69(5)6)93-76(81)59-51-43-34-26-22-18-17-20-24-30-38-46-54-68(3)4/h67-73,78H,9-66H2,1-8H3,(H,83,84)(H,85,86)/t71?,72-,73-/m1/s1. The number of carbonyl (C=O) groups is 4. The Morgan fingerprint density at radius 1 is 0.260 bits per heavy atom. The number of phosphoric acid groups is 2. The van der Waals surface area contributed by atoms with E-state index in [9.17, 15) is 43.2 Å². The van der Waals surface area contributed by atoms with E-state index in [2.05, 4.69) is 55.4 Å². The molecular weight excluding hydrogens is 1260 g/mol. The molecule has 0 aliphatic rings. The molecule has 19 heteroatoms. The monoisotopic (exact) mass is 1410 g/mol. The lowest BCUT2D eigenvalue weighted by Gasteiger charge is -2.21. The van der Waals surface area contributed by atoms with E-state index in [-0.39, 0.29) is 25.7 Å². The summed E-state index contributed by atoms with van der Waals surface area (Å²) >= 11 is 0. The number of unbranched alkanes of at least 4 members (excludes halogenated alkanes) is 40. The van der Waals surface area contributed by atoms with Crippen molar-refractivity contribution < 1.29 is 80.2 Å². The number of esters is 4. The molecule has 570 valence electrons. The molecule has 3 N–H and O–H groups in total. The van der Waals surface area contributed by atoms with Crippen LogP contribution in [0.4, 0.5) is 0 Å². The molecule has 0 aromatic rings. The molecule has 0 saturated carbocycles. The summed E-state index contributed by atoms with van der Waals surface area (Å²) in [4.78, 5) is 72.8. The van der Waals surface area contributed by atoms with Gasteiger partial charge in [0.1, 0.15) is 19.3 Å². The van der Waals surface area contributed by atoms with Gasteiger partial charge >= 0.3 is 39.5 Å². The minimum absolute atomic E-state index is 0.104. The van der Waals surface area contributed by atoms with Crippen LogP contribution in [-0.4, -0.2) is 96.7 Å². The van der Waals surface area contributed by atoms with Crippen molar-refractivity contribution in [2.75, 3.05) is 39.6 Å². The lowest BCUT2D eigenvalue weighted by atomic mass is 10.0. The number of aliphatic hydroxyl groups excluding tert-OH is 1. The van der Waals surface area contributed by atoms with Crippen LogP contribution in [0, 0.1) is 23.7 Å². The van der Waals surface area contributed by atoms with Crippen molar-refractivity contribution in [3.05, 3.63) is 0 Å². The van der Waals surface area contributed by atoms with E-state index in [1.165, 1.54) is 186 Å². The van der Waals surface area contributed by atoms with E-state index < -0.39 is 97.5 Å². The highest BCUT2D eigenvalue weighted by atomic mass is 31.2. The first-order valence-corrected chi connectivity index (χ1v) is 42.7. The molecule has 96 heavy (non-hydrogen) atoms. The molecule has 5 atom stereocenters. The number of carbonyl (C=O) groups excluding carboxylic acids is 4. The Morgan fingerprint density at radius 3 is 0.646 bits per heavy atom. The molecule has 0 amide bonds. The number of aliphatic hydroxyl groups is 1. The van der Waals surface area contributed by atoms with Gasteiger partial charge < -0.3 is 33.8 Å². The van der Waals surface area contributed by atoms with Gasteiger partial charge in [-0.25, -0.2) is 9.13 Å². The molecule has 0 rings (SSSR count). The van der Waals surface area contributed by atoms with Crippen molar-refractivity contribution in [1.29, 1.82) is 0 Å². The summed E-state index contributed by atoms with van der Waals surface area (Å²) in [5.41, 5.74) is 0. The molecule has 0 fully saturated rings. The Balaban J connectivity index is 5.14. The minimum atomic E-state index is -4.96. The van der Waals surface area contributed by atoms with Gasteiger partial charge in [-0.1, -0.05) is 338 Å². The zero-order valence-corrected chi connectivity index (χ0v) is 64.8. The average molecular weight is 1410 g/mol. The Hall–Kier alpha value is -1.94. The molecule has 0 bridgehead atoms. The fraction of sp³-hybridized carbons (Fsp3) is 0.948. The molecule has 0 radical (unpaired) electrons. The van der Waals surface area contributed by atoms with Gasteiger partial charge in [-0.05, 0) is 49.4 Å². The van der Waals surface area contributed by atoms with E-state index in [0.29, 0.717) is 37.5 Å². The summed E-state index contributed by atoms with van der Waals surface area (Å²) in [5.74, 6) is 0.877. The van der Waals surface area contributed by atoms with Crippen molar-refractivity contribution in [3.63, 3.8) is 0 Å². The maximum Gasteiger partial charge on any atom is 0.472 e. The zero-order valence-electron chi connectivity index (χ0n) is 63.0. The topological polar surface area (TPSA) is 237 Å². The van der Waals surface area contributed by atoms with Gasteiger partial charge in [-0.3, -0.25) is 37.3 Å². The van der Waals surface area contributed by atoms with Gasteiger partial charge in [0.2, 0.25) is 0 Å². The van der Waals surface area contributed by atoms with E-state index in [4.69, 9.17) is 37.0 Å². The summed E-state index contributed by atoms with van der Waals surface area (Å²) in [5, 5.41) is 10.6. The lowest BCUT2D eigenvalue weighted by Crippen LogP contribution is -2.30. The van der Waals surface area contributed by atoms with Gasteiger partial charge in [-0.15, -0.1) is 0 Å². The second kappa shape index (κ2) is 66.3. The summed E-state index contributed by atoms with van der Waals surface area (Å²) in [6.45, 7) is 14.1. The predicted octanol–water partition coefficient (Wildman–Crippen LogP) is 22.4. The maximum absolute atomic E-state index is 13.1. The molecule has 0 aromatic carbocycles. The zero-order chi connectivity index (χ0) is 71.0. The van der Waals surface area contributed by atoms with E-state index in [1.807, 2.05) is 0 Å². The Labute approximate surface area is 588 Å². The average Bonchev–Trinajstić information content (AvgIpc) is 1.51. The largest absolute Gasteiger partial charge is 0.472 e. The molecule has 3 unspecified atom stereocenters. The van der Waals surface area contributed by atoms with E-state index in [1.54, 1.807) is 0 Å². The maximum atomic E-state index is 13.1. The normalized spacial score (nSPS) is 14.1. The highest BCUT2D eigenvalue weighted by Gasteiger charge is 2.30. The predicted molar refractivity (Wildman–Crippen MR) is 391 cm³/mol. The fourth-order valence-electron chi connectivity index (χ4n) is 11.7. The first-order valence-electron chi connectivity index (χ1n) is 39.7. The van der Waals surface area contributed by atoms with Crippen LogP contribution in [0.1, 0.15) is 389 Å². The lowest BCUT2D eigenvalue weighted by molar-refractivity contribution is -0.161. The Bertz CT molecular complexity index is 1880. The molecule has 0 aliphatic heterocycles. The van der Waals surface area contributed by atoms with Crippen LogP contribution in [0.5, 0.6) is 0 Å². The van der Waals surface area contributed by atoms with Crippen LogP contribution in [0.2, 0.25) is 0 Å². The number of hydrogen-bond acceptors (Lipinski definition) is 15. The summed E-state index contributed by atoms with van der Waals surface area (Å²) in [6.07, 6.45) is 51.7. The van der Waals surface area contributed by atoms with Gasteiger partial charge in [-0.2, -0.15) is 0 Å². The molecule has 0 aliphatic carbocycles. The van der Waals surface area contributed by atoms with Gasteiger partial charge in [0.05, 0.1) is 26.4 Å². The highest BCUT2D eigenvalue weighted by molar-refractivity contribution is 7.47. The second-order valence-corrected chi connectivity index (χ2v) is 32.6. The van der Waals surface area contributed by atoms with Gasteiger partial charge in [0.15, 0.2) is 12.2 Å². The Morgan fingerprint density at radius 2 is 0.438 bits per heavy atom. The highest BCUT2D eigenvalue weighted by Crippen LogP contribution is 2.45. The molecule has 17 nitrogen and oxygen atoms in total. The van der Waals surface area contributed by atoms with Crippen LogP contribution in [0.3, 0.4) is 0 Å². The number of phosphoric ester groups is 2. The molecular formula is C77H150O17P2. The van der Waals surface area contributed by atoms with Crippen molar-refractivity contribution in [3.8, 4) is 0 Å². The summed E-state index contributed by atoms with van der Waals surface area (Å²) < 4.78 is 68.5. The van der Waals surface area contributed by atoms with Crippen LogP contribution >= 0.6 is 15.6 Å². The van der Waals surface area contributed by atoms with Crippen molar-refractivity contribution >= 4 is 39.5 Å².